The summed E-state index contributed by atoms with van der Waals surface area (Å²) in [4.78, 5) is 19.9. The third-order valence-electron chi connectivity index (χ3n) is 3.25. The molecule has 0 saturated heterocycles. The number of nitrogens with zero attached hydrogens (tertiary/aromatic N) is 2. The van der Waals surface area contributed by atoms with Crippen LogP contribution in [0.2, 0.25) is 5.15 Å². The molecule has 0 spiro atoms. The number of halogens is 1. The lowest BCUT2D eigenvalue weighted by Gasteiger charge is -2.10. The maximum Gasteiger partial charge on any atom is 0.413 e. The van der Waals surface area contributed by atoms with Crippen LogP contribution in [0.25, 0.3) is 0 Å². The Morgan fingerprint density at radius 1 is 1.29 bits per heavy atom. The number of anilines is 1. The normalized spacial score (nSPS) is 13.8. The molecule has 0 aliphatic heterocycles. The van der Waals surface area contributed by atoms with Crippen molar-refractivity contribution in [3.05, 3.63) is 52.9 Å². The van der Waals surface area contributed by atoms with Crippen molar-refractivity contribution in [1.29, 1.82) is 0 Å². The fourth-order valence-electron chi connectivity index (χ4n) is 2.06. The molecule has 0 radical (unpaired) electrons. The predicted octanol–water partition coefficient (Wildman–Crippen LogP) is 3.76. The van der Waals surface area contributed by atoms with Crippen molar-refractivity contribution in [2.75, 3.05) is 5.32 Å². The first kappa shape index (κ1) is 13.8. The quantitative estimate of drug-likeness (QED) is 0.874. The van der Waals surface area contributed by atoms with E-state index in [1.165, 1.54) is 6.33 Å². The van der Waals surface area contributed by atoms with Gasteiger partial charge in [-0.05, 0) is 24.3 Å². The summed E-state index contributed by atoms with van der Waals surface area (Å²) in [5.74, 6) is 0.777. The molecule has 1 fully saturated rings. The molecule has 1 aromatic carbocycles. The van der Waals surface area contributed by atoms with E-state index in [1.54, 1.807) is 0 Å². The highest BCUT2D eigenvalue weighted by Gasteiger charge is 2.30. The Hall–Kier alpha value is -2.14. The second-order valence-corrected chi connectivity index (χ2v) is 5.25. The molecule has 1 aliphatic carbocycles. The predicted molar refractivity (Wildman–Crippen MR) is 79.3 cm³/mol. The minimum Gasteiger partial charge on any atom is -0.444 e. The largest absolute Gasteiger partial charge is 0.444 e. The zero-order chi connectivity index (χ0) is 14.7. The van der Waals surface area contributed by atoms with E-state index in [0.29, 0.717) is 16.9 Å². The second kappa shape index (κ2) is 6.10. The third kappa shape index (κ3) is 3.49. The SMILES string of the molecule is O=C(Nc1ncnc(Cl)c1C1CC1)OCc1ccccc1. The summed E-state index contributed by atoms with van der Waals surface area (Å²) in [6, 6.07) is 9.49. The number of hydrogen-bond donors (Lipinski definition) is 1. The number of benzene rings is 1. The molecule has 1 N–H and O–H groups in total. The molecule has 0 unspecified atom stereocenters. The van der Waals surface area contributed by atoms with Gasteiger partial charge in [0.25, 0.3) is 0 Å². The van der Waals surface area contributed by atoms with Crippen molar-refractivity contribution < 1.29 is 9.53 Å². The Morgan fingerprint density at radius 3 is 2.76 bits per heavy atom. The van der Waals surface area contributed by atoms with E-state index in [2.05, 4.69) is 15.3 Å². The topological polar surface area (TPSA) is 64.1 Å². The number of rotatable bonds is 4. The Balaban J connectivity index is 1.64. The first-order chi connectivity index (χ1) is 10.2. The number of hydrogen-bond acceptors (Lipinski definition) is 4. The van der Waals surface area contributed by atoms with Crippen LogP contribution in [0.4, 0.5) is 10.6 Å². The summed E-state index contributed by atoms with van der Waals surface area (Å²) in [5, 5.41) is 3.04. The van der Waals surface area contributed by atoms with Gasteiger partial charge in [-0.2, -0.15) is 0 Å². The number of carbonyl (C=O) groups is 1. The molecule has 1 heterocycles. The molecule has 0 atom stereocenters. The van der Waals surface area contributed by atoms with Gasteiger partial charge in [-0.3, -0.25) is 5.32 Å². The molecular weight excluding hydrogens is 290 g/mol. The van der Waals surface area contributed by atoms with Gasteiger partial charge in [-0.25, -0.2) is 14.8 Å². The van der Waals surface area contributed by atoms with Gasteiger partial charge in [0.15, 0.2) is 0 Å². The third-order valence-corrected chi connectivity index (χ3v) is 3.56. The van der Waals surface area contributed by atoms with Crippen LogP contribution in [-0.2, 0) is 11.3 Å². The van der Waals surface area contributed by atoms with Crippen LogP contribution in [0.5, 0.6) is 0 Å². The summed E-state index contributed by atoms with van der Waals surface area (Å²) in [6.45, 7) is 0.213. The Labute approximate surface area is 127 Å². The van der Waals surface area contributed by atoms with Crippen molar-refractivity contribution in [2.45, 2.75) is 25.4 Å². The number of aromatic nitrogens is 2. The first-order valence-corrected chi connectivity index (χ1v) is 7.10. The fourth-order valence-corrected chi connectivity index (χ4v) is 2.35. The number of nitrogens with one attached hydrogen (secondary N) is 1. The fraction of sp³-hybridized carbons (Fsp3) is 0.267. The molecule has 21 heavy (non-hydrogen) atoms. The standard InChI is InChI=1S/C15H14ClN3O2/c16-13-12(11-6-7-11)14(18-9-17-13)19-15(20)21-8-10-4-2-1-3-5-10/h1-5,9,11H,6-8H2,(H,17,18,19,20). The van der Waals surface area contributed by atoms with Crippen molar-refractivity contribution in [3.8, 4) is 0 Å². The van der Waals surface area contributed by atoms with Crippen LogP contribution in [0.3, 0.4) is 0 Å². The van der Waals surface area contributed by atoms with Crippen LogP contribution in [0.1, 0.15) is 29.9 Å². The second-order valence-electron chi connectivity index (χ2n) is 4.89. The van der Waals surface area contributed by atoms with E-state index >= 15 is 0 Å². The van der Waals surface area contributed by atoms with Gasteiger partial charge in [0.2, 0.25) is 0 Å². The minimum atomic E-state index is -0.546. The minimum absolute atomic E-state index is 0.213. The lowest BCUT2D eigenvalue weighted by molar-refractivity contribution is 0.155. The average Bonchev–Trinajstić information content (AvgIpc) is 3.31. The van der Waals surface area contributed by atoms with E-state index in [0.717, 1.165) is 24.0 Å². The molecule has 1 amide bonds. The smallest absolute Gasteiger partial charge is 0.413 e. The van der Waals surface area contributed by atoms with Crippen LogP contribution < -0.4 is 5.32 Å². The van der Waals surface area contributed by atoms with E-state index in [-0.39, 0.29) is 6.61 Å². The van der Waals surface area contributed by atoms with E-state index in [1.807, 2.05) is 30.3 Å². The van der Waals surface area contributed by atoms with Gasteiger partial charge in [-0.15, -0.1) is 0 Å². The van der Waals surface area contributed by atoms with Crippen LogP contribution in [0.15, 0.2) is 36.7 Å². The van der Waals surface area contributed by atoms with Crippen LogP contribution >= 0.6 is 11.6 Å². The monoisotopic (exact) mass is 303 g/mol. The molecule has 3 rings (SSSR count). The summed E-state index contributed by atoms with van der Waals surface area (Å²) in [5.41, 5.74) is 1.73. The molecule has 1 saturated carbocycles. The highest BCUT2D eigenvalue weighted by Crippen LogP contribution is 2.45. The molecule has 1 aromatic heterocycles. The van der Waals surface area contributed by atoms with E-state index < -0.39 is 6.09 Å². The zero-order valence-electron chi connectivity index (χ0n) is 11.3. The van der Waals surface area contributed by atoms with Gasteiger partial charge in [0, 0.05) is 5.56 Å². The van der Waals surface area contributed by atoms with Gasteiger partial charge < -0.3 is 4.74 Å². The molecule has 6 heteroatoms. The lowest BCUT2D eigenvalue weighted by atomic mass is 10.2. The number of ether oxygens (including phenoxy) is 1. The van der Waals surface area contributed by atoms with Gasteiger partial charge in [0.05, 0.1) is 0 Å². The first-order valence-electron chi connectivity index (χ1n) is 6.72. The van der Waals surface area contributed by atoms with Crippen molar-refractivity contribution in [2.24, 2.45) is 0 Å². The van der Waals surface area contributed by atoms with Gasteiger partial charge in [-0.1, -0.05) is 41.9 Å². The maximum absolute atomic E-state index is 11.9. The van der Waals surface area contributed by atoms with Gasteiger partial charge >= 0.3 is 6.09 Å². The maximum atomic E-state index is 11.9. The molecule has 108 valence electrons. The number of amides is 1. The summed E-state index contributed by atoms with van der Waals surface area (Å²) in [6.07, 6.45) is 2.87. The van der Waals surface area contributed by atoms with Crippen molar-refractivity contribution in [1.82, 2.24) is 9.97 Å². The molecular formula is C15H14ClN3O2. The summed E-state index contributed by atoms with van der Waals surface area (Å²) in [7, 11) is 0. The van der Waals surface area contributed by atoms with Crippen LogP contribution in [-0.4, -0.2) is 16.1 Å². The summed E-state index contributed by atoms with van der Waals surface area (Å²) >= 11 is 6.08. The van der Waals surface area contributed by atoms with Crippen molar-refractivity contribution >= 4 is 23.5 Å². The average molecular weight is 304 g/mol. The molecule has 5 nitrogen and oxygen atoms in total. The Kier molecular flexibility index (Phi) is 4.01. The van der Waals surface area contributed by atoms with Crippen LogP contribution in [0, 0.1) is 0 Å². The molecule has 1 aliphatic rings. The Bertz CT molecular complexity index is 645. The Morgan fingerprint density at radius 2 is 2.05 bits per heavy atom. The zero-order valence-corrected chi connectivity index (χ0v) is 12.0. The van der Waals surface area contributed by atoms with Gasteiger partial charge in [0.1, 0.15) is 23.9 Å². The van der Waals surface area contributed by atoms with Crippen molar-refractivity contribution in [3.63, 3.8) is 0 Å². The molecule has 2 aromatic rings. The van der Waals surface area contributed by atoms with E-state index in [9.17, 15) is 4.79 Å². The lowest BCUT2D eigenvalue weighted by Crippen LogP contribution is -2.16. The highest BCUT2D eigenvalue weighted by atomic mass is 35.5. The summed E-state index contributed by atoms with van der Waals surface area (Å²) < 4.78 is 5.17. The van der Waals surface area contributed by atoms with E-state index in [4.69, 9.17) is 16.3 Å². The molecule has 0 bridgehead atoms. The highest BCUT2D eigenvalue weighted by molar-refractivity contribution is 6.30. The number of carbonyl (C=O) groups excluding carboxylic acids is 1.